The first kappa shape index (κ1) is 20.8. The molecule has 0 aromatic carbocycles. The maximum absolute atomic E-state index is 12.9. The number of hydrogen-bond donors (Lipinski definition) is 5. The molecule has 1 saturated carbocycles. The quantitative estimate of drug-likeness (QED) is 0.348. The van der Waals surface area contributed by atoms with Gasteiger partial charge in [0.2, 0.25) is 5.95 Å². The highest BCUT2D eigenvalue weighted by atomic mass is 16.3. The Morgan fingerprint density at radius 1 is 1.23 bits per heavy atom. The molecule has 3 aromatic heterocycles. The highest BCUT2D eigenvalue weighted by Gasteiger charge is 2.23. The van der Waals surface area contributed by atoms with E-state index in [9.17, 15) is 9.59 Å². The van der Waals surface area contributed by atoms with Crippen molar-refractivity contribution in [3.8, 4) is 0 Å². The van der Waals surface area contributed by atoms with Crippen LogP contribution in [0, 0.1) is 0 Å². The van der Waals surface area contributed by atoms with Gasteiger partial charge in [-0.3, -0.25) is 14.3 Å². The number of rotatable bonds is 7. The number of carbonyl (C=O) groups is 2. The largest absolute Gasteiger partial charge is 0.394 e. The molecule has 2 atom stereocenters. The average Bonchev–Trinajstić information content (AvgIpc) is 3.34. The minimum atomic E-state index is -0.787. The molecule has 1 aliphatic rings. The summed E-state index contributed by atoms with van der Waals surface area (Å²) in [5, 5.41) is 23.4. The predicted octanol–water partition coefficient (Wildman–Crippen LogP) is -0.0489. The molecule has 2 amide bonds. The number of nitrogens with zero attached hydrogens (tertiary/aromatic N) is 5. The number of carbonyl (C=O) groups excluding carboxylic acids is 2. The number of anilines is 2. The van der Waals surface area contributed by atoms with E-state index >= 15 is 0 Å². The van der Waals surface area contributed by atoms with Crippen LogP contribution in [-0.4, -0.2) is 60.0 Å². The summed E-state index contributed by atoms with van der Waals surface area (Å²) in [6, 6.07) is 3.44. The Kier molecular flexibility index (Phi) is 5.82. The molecule has 0 spiro atoms. The normalized spacial score (nSPS) is 18.8. The number of nitrogens with one attached hydrogen (secondary N) is 2. The summed E-state index contributed by atoms with van der Waals surface area (Å²) < 4.78 is 2.81. The maximum Gasteiger partial charge on any atom is 0.274 e. The summed E-state index contributed by atoms with van der Waals surface area (Å²) >= 11 is 0. The molecule has 0 bridgehead atoms. The molecular formula is C19H25N9O3. The number of hydrogen-bond acceptors (Lipinski definition) is 8. The summed E-state index contributed by atoms with van der Waals surface area (Å²) in [5.74, 6) is -0.900. The zero-order valence-corrected chi connectivity index (χ0v) is 16.9. The van der Waals surface area contributed by atoms with Crippen molar-refractivity contribution in [2.45, 2.75) is 44.3 Å². The molecule has 1 fully saturated rings. The van der Waals surface area contributed by atoms with Crippen molar-refractivity contribution in [3.05, 3.63) is 35.9 Å². The van der Waals surface area contributed by atoms with Gasteiger partial charge in [-0.1, -0.05) is 12.8 Å². The third kappa shape index (κ3) is 4.34. The van der Waals surface area contributed by atoms with Crippen molar-refractivity contribution in [2.75, 3.05) is 17.2 Å². The Bertz CT molecular complexity index is 1110. The summed E-state index contributed by atoms with van der Waals surface area (Å²) in [5.41, 5.74) is 12.5. The van der Waals surface area contributed by atoms with Crippen LogP contribution >= 0.6 is 0 Å². The van der Waals surface area contributed by atoms with E-state index in [1.54, 1.807) is 18.3 Å². The van der Waals surface area contributed by atoms with Gasteiger partial charge in [0, 0.05) is 18.3 Å². The van der Waals surface area contributed by atoms with Crippen LogP contribution in [0.1, 0.15) is 46.7 Å². The molecule has 164 valence electrons. The van der Waals surface area contributed by atoms with E-state index in [1.165, 1.54) is 15.4 Å². The van der Waals surface area contributed by atoms with Crippen LogP contribution in [0.15, 0.2) is 24.5 Å². The van der Waals surface area contributed by atoms with Crippen molar-refractivity contribution in [3.63, 3.8) is 0 Å². The van der Waals surface area contributed by atoms with Crippen LogP contribution in [0.3, 0.4) is 0 Å². The minimum Gasteiger partial charge on any atom is -0.394 e. The number of aliphatic hydroxyl groups excluding tert-OH is 1. The van der Waals surface area contributed by atoms with Crippen LogP contribution in [0.5, 0.6) is 0 Å². The molecule has 0 aliphatic heterocycles. The number of nitrogens with two attached hydrogens (primary N) is 2. The molecule has 2 unspecified atom stereocenters. The van der Waals surface area contributed by atoms with Gasteiger partial charge >= 0.3 is 0 Å². The van der Waals surface area contributed by atoms with E-state index in [1.807, 2.05) is 0 Å². The Labute approximate surface area is 177 Å². The maximum atomic E-state index is 12.9. The molecule has 3 heterocycles. The van der Waals surface area contributed by atoms with Crippen molar-refractivity contribution in [2.24, 2.45) is 11.5 Å². The van der Waals surface area contributed by atoms with E-state index in [0.717, 1.165) is 25.7 Å². The van der Waals surface area contributed by atoms with Gasteiger partial charge in [-0.2, -0.15) is 5.10 Å². The second kappa shape index (κ2) is 8.70. The smallest absolute Gasteiger partial charge is 0.274 e. The monoisotopic (exact) mass is 427 g/mol. The van der Waals surface area contributed by atoms with E-state index < -0.39 is 11.8 Å². The SMILES string of the molecule is NC(=O)c1nn(CCO)cc1NC(=O)c1ccc2cnc(NC3CCCCC3N)nn12. The standard InChI is InChI=1S/C19H25N9O3/c20-12-3-1-2-4-13(12)24-19-22-9-11-5-6-15(28(11)26-19)18(31)23-14-10-27(7-8-29)25-16(14)17(21)30/h5-6,9-10,12-13,29H,1-4,7-8,20H2,(H2,21,30)(H,23,31)(H,24,26). The van der Waals surface area contributed by atoms with Crippen LogP contribution in [0.2, 0.25) is 0 Å². The second-order valence-electron chi connectivity index (χ2n) is 7.53. The van der Waals surface area contributed by atoms with Crippen molar-refractivity contribution >= 4 is 29.0 Å². The lowest BCUT2D eigenvalue weighted by molar-refractivity contribution is 0.0995. The zero-order valence-electron chi connectivity index (χ0n) is 16.9. The summed E-state index contributed by atoms with van der Waals surface area (Å²) in [6.45, 7) is -0.0102. The Morgan fingerprint density at radius 3 is 2.77 bits per heavy atom. The van der Waals surface area contributed by atoms with Gasteiger partial charge in [0.05, 0.1) is 30.6 Å². The van der Waals surface area contributed by atoms with Gasteiger partial charge < -0.3 is 27.2 Å². The summed E-state index contributed by atoms with van der Waals surface area (Å²) in [7, 11) is 0. The molecule has 0 saturated heterocycles. The van der Waals surface area contributed by atoms with Gasteiger partial charge in [0.15, 0.2) is 5.69 Å². The lowest BCUT2D eigenvalue weighted by Crippen LogP contribution is -2.43. The summed E-state index contributed by atoms with van der Waals surface area (Å²) in [6.07, 6.45) is 7.16. The van der Waals surface area contributed by atoms with E-state index in [2.05, 4.69) is 25.8 Å². The fraction of sp³-hybridized carbons (Fsp3) is 0.421. The predicted molar refractivity (Wildman–Crippen MR) is 113 cm³/mol. The fourth-order valence-electron chi connectivity index (χ4n) is 3.74. The first-order valence-electron chi connectivity index (χ1n) is 10.1. The van der Waals surface area contributed by atoms with Crippen LogP contribution < -0.4 is 22.1 Å². The van der Waals surface area contributed by atoms with Gasteiger partial charge in [-0.15, -0.1) is 5.10 Å². The number of primary amides is 1. The number of aromatic nitrogens is 5. The average molecular weight is 427 g/mol. The number of amides is 2. The molecule has 31 heavy (non-hydrogen) atoms. The van der Waals surface area contributed by atoms with E-state index in [4.69, 9.17) is 16.6 Å². The number of aliphatic hydroxyl groups is 1. The first-order chi connectivity index (χ1) is 15.0. The fourth-order valence-corrected chi connectivity index (χ4v) is 3.74. The zero-order chi connectivity index (χ0) is 22.0. The van der Waals surface area contributed by atoms with Crippen LogP contribution in [-0.2, 0) is 6.54 Å². The lowest BCUT2D eigenvalue weighted by atomic mass is 9.91. The first-order valence-corrected chi connectivity index (χ1v) is 10.1. The van der Waals surface area contributed by atoms with Crippen molar-refractivity contribution < 1.29 is 14.7 Å². The van der Waals surface area contributed by atoms with Crippen molar-refractivity contribution in [1.82, 2.24) is 24.4 Å². The highest BCUT2D eigenvalue weighted by Crippen LogP contribution is 2.20. The number of fused-ring (bicyclic) bond motifs is 1. The highest BCUT2D eigenvalue weighted by molar-refractivity contribution is 6.07. The van der Waals surface area contributed by atoms with Gasteiger partial charge in [-0.25, -0.2) is 9.50 Å². The molecule has 0 radical (unpaired) electrons. The molecule has 7 N–H and O–H groups in total. The van der Waals surface area contributed by atoms with E-state index in [-0.39, 0.29) is 42.3 Å². The lowest BCUT2D eigenvalue weighted by Gasteiger charge is -2.29. The Morgan fingerprint density at radius 2 is 2.03 bits per heavy atom. The minimum absolute atomic E-state index is 0.0307. The molecule has 1 aliphatic carbocycles. The Balaban J connectivity index is 1.58. The van der Waals surface area contributed by atoms with Gasteiger partial charge in [0.25, 0.3) is 11.8 Å². The van der Waals surface area contributed by atoms with Gasteiger partial charge in [0.1, 0.15) is 5.69 Å². The van der Waals surface area contributed by atoms with Gasteiger partial charge in [-0.05, 0) is 25.0 Å². The Hall–Kier alpha value is -3.51. The molecule has 12 nitrogen and oxygen atoms in total. The molecular weight excluding hydrogens is 402 g/mol. The van der Waals surface area contributed by atoms with Crippen molar-refractivity contribution in [1.29, 1.82) is 0 Å². The molecule has 12 heteroatoms. The second-order valence-corrected chi connectivity index (χ2v) is 7.53. The third-order valence-electron chi connectivity index (χ3n) is 5.34. The van der Waals surface area contributed by atoms with E-state index in [0.29, 0.717) is 11.5 Å². The molecule has 3 aromatic rings. The summed E-state index contributed by atoms with van der Waals surface area (Å²) in [4.78, 5) is 28.9. The van der Waals surface area contributed by atoms with Crippen LogP contribution in [0.25, 0.3) is 5.52 Å². The molecule has 4 rings (SSSR count). The van der Waals surface area contributed by atoms with Crippen LogP contribution in [0.4, 0.5) is 11.6 Å². The third-order valence-corrected chi connectivity index (χ3v) is 5.34. The topological polar surface area (TPSA) is 178 Å².